The summed E-state index contributed by atoms with van der Waals surface area (Å²) in [5.41, 5.74) is 6.80. The lowest BCUT2D eigenvalue weighted by Gasteiger charge is -2.25. The molecule has 176 valence electrons. The minimum atomic E-state index is 0. The number of hydrogen-bond donors (Lipinski definition) is 4. The van der Waals surface area contributed by atoms with Crippen molar-refractivity contribution in [3.8, 4) is 22.5 Å². The number of halogens is 2. The quantitative estimate of drug-likeness (QED) is 0.229. The SMILES string of the molecule is Cc1ccc(-c2cc(NCC(C)(C)CNc3cc(-c4ccc(C)cc4)[nH]n3)n[nH]2)cc1.Cl.Cl. The van der Waals surface area contributed by atoms with Gasteiger partial charge >= 0.3 is 0 Å². The molecule has 4 rings (SSSR count). The fraction of sp³-hybridized carbons (Fsp3) is 0.280. The van der Waals surface area contributed by atoms with Crippen LogP contribution in [-0.4, -0.2) is 33.5 Å². The highest BCUT2D eigenvalue weighted by atomic mass is 35.5. The molecule has 2 aromatic heterocycles. The van der Waals surface area contributed by atoms with Crippen molar-refractivity contribution in [2.24, 2.45) is 5.41 Å². The van der Waals surface area contributed by atoms with Gasteiger partial charge in [-0.05, 0) is 30.4 Å². The van der Waals surface area contributed by atoms with Gasteiger partial charge in [0.05, 0.1) is 11.4 Å². The number of nitrogens with one attached hydrogen (secondary N) is 4. The Morgan fingerprint density at radius 3 is 1.39 bits per heavy atom. The predicted octanol–water partition coefficient (Wildman–Crippen LogP) is 6.48. The van der Waals surface area contributed by atoms with E-state index in [0.717, 1.165) is 47.2 Å². The largest absolute Gasteiger partial charge is 0.368 e. The summed E-state index contributed by atoms with van der Waals surface area (Å²) in [6, 6.07) is 21.0. The van der Waals surface area contributed by atoms with Gasteiger partial charge in [0.15, 0.2) is 0 Å². The highest BCUT2D eigenvalue weighted by molar-refractivity contribution is 5.85. The number of H-pyrrole nitrogens is 2. The molecule has 0 radical (unpaired) electrons. The van der Waals surface area contributed by atoms with Crippen LogP contribution >= 0.6 is 24.8 Å². The molecule has 2 heterocycles. The highest BCUT2D eigenvalue weighted by Gasteiger charge is 2.19. The molecular formula is C25H32Cl2N6. The van der Waals surface area contributed by atoms with E-state index in [1.54, 1.807) is 0 Å². The Bertz CT molecular complexity index is 1040. The molecular weight excluding hydrogens is 455 g/mol. The fourth-order valence-electron chi connectivity index (χ4n) is 3.31. The van der Waals surface area contributed by atoms with Crippen LogP contribution in [0.15, 0.2) is 60.7 Å². The van der Waals surface area contributed by atoms with Gasteiger partial charge in [0.25, 0.3) is 0 Å². The van der Waals surface area contributed by atoms with E-state index in [4.69, 9.17) is 0 Å². The van der Waals surface area contributed by atoms with Gasteiger partial charge in [-0.2, -0.15) is 10.2 Å². The summed E-state index contributed by atoms with van der Waals surface area (Å²) in [5, 5.41) is 21.9. The van der Waals surface area contributed by atoms with Crippen molar-refractivity contribution in [1.29, 1.82) is 0 Å². The van der Waals surface area contributed by atoms with E-state index in [9.17, 15) is 0 Å². The number of nitrogens with zero attached hydrogens (tertiary/aromatic N) is 2. The third kappa shape index (κ3) is 7.01. The van der Waals surface area contributed by atoms with Crippen LogP contribution in [0.3, 0.4) is 0 Å². The van der Waals surface area contributed by atoms with Gasteiger partial charge in [-0.25, -0.2) is 0 Å². The first-order valence-corrected chi connectivity index (χ1v) is 10.6. The molecule has 0 aliphatic carbocycles. The first kappa shape index (κ1) is 26.3. The minimum Gasteiger partial charge on any atom is -0.368 e. The van der Waals surface area contributed by atoms with E-state index in [2.05, 4.69) is 119 Å². The third-order valence-corrected chi connectivity index (χ3v) is 5.38. The number of aromatic amines is 2. The molecule has 0 bridgehead atoms. The van der Waals surface area contributed by atoms with Crippen LogP contribution in [0, 0.1) is 19.3 Å². The van der Waals surface area contributed by atoms with Gasteiger partial charge in [0.2, 0.25) is 0 Å². The first-order valence-electron chi connectivity index (χ1n) is 10.6. The summed E-state index contributed by atoms with van der Waals surface area (Å²) in [5.74, 6) is 1.70. The monoisotopic (exact) mass is 486 g/mol. The molecule has 0 spiro atoms. The van der Waals surface area contributed by atoms with Gasteiger partial charge in [-0.3, -0.25) is 10.2 Å². The summed E-state index contributed by atoms with van der Waals surface area (Å²) in [6.07, 6.45) is 0. The number of rotatable bonds is 8. The van der Waals surface area contributed by atoms with E-state index in [0.29, 0.717) is 0 Å². The van der Waals surface area contributed by atoms with Crippen LogP contribution in [0.4, 0.5) is 11.6 Å². The summed E-state index contributed by atoms with van der Waals surface area (Å²) in [4.78, 5) is 0. The Morgan fingerprint density at radius 2 is 1.03 bits per heavy atom. The van der Waals surface area contributed by atoms with Crippen molar-refractivity contribution < 1.29 is 0 Å². The Labute approximate surface area is 207 Å². The maximum absolute atomic E-state index is 4.41. The maximum atomic E-state index is 4.41. The molecule has 8 heteroatoms. The highest BCUT2D eigenvalue weighted by Crippen LogP contribution is 2.24. The fourth-order valence-corrected chi connectivity index (χ4v) is 3.31. The molecule has 0 aliphatic heterocycles. The van der Waals surface area contributed by atoms with Crippen molar-refractivity contribution in [3.05, 3.63) is 71.8 Å². The average Bonchev–Trinajstić information content (AvgIpc) is 3.42. The van der Waals surface area contributed by atoms with Crippen LogP contribution in [0.2, 0.25) is 0 Å². The van der Waals surface area contributed by atoms with Gasteiger partial charge in [-0.1, -0.05) is 73.5 Å². The Kier molecular flexibility index (Phi) is 8.97. The zero-order valence-electron chi connectivity index (χ0n) is 19.4. The van der Waals surface area contributed by atoms with Crippen molar-refractivity contribution in [2.75, 3.05) is 23.7 Å². The minimum absolute atomic E-state index is 0. The molecule has 0 saturated carbocycles. The lowest BCUT2D eigenvalue weighted by atomic mass is 9.93. The van der Waals surface area contributed by atoms with E-state index in [-0.39, 0.29) is 30.2 Å². The first-order chi connectivity index (χ1) is 14.9. The van der Waals surface area contributed by atoms with Crippen LogP contribution in [0.25, 0.3) is 22.5 Å². The standard InChI is InChI=1S/C25H30N6.2ClH/c1-17-5-9-19(10-6-17)21-13-23(30-28-21)26-15-25(3,4)16-27-24-14-22(29-31-24)20-11-7-18(2)8-12-20;;/h5-14H,15-16H2,1-4H3,(H2,26,28,30)(H2,27,29,31);2*1H. The second-order valence-electron chi connectivity index (χ2n) is 8.94. The predicted molar refractivity (Wildman–Crippen MR) is 143 cm³/mol. The molecule has 0 amide bonds. The molecule has 4 aromatic rings. The average molecular weight is 487 g/mol. The number of aryl methyl sites for hydroxylation is 2. The van der Waals surface area contributed by atoms with Crippen molar-refractivity contribution >= 4 is 36.4 Å². The van der Waals surface area contributed by atoms with Gasteiger partial charge in [0.1, 0.15) is 11.6 Å². The molecule has 0 aliphatic rings. The second-order valence-corrected chi connectivity index (χ2v) is 8.94. The van der Waals surface area contributed by atoms with Crippen molar-refractivity contribution in [3.63, 3.8) is 0 Å². The summed E-state index contributed by atoms with van der Waals surface area (Å²) < 4.78 is 0. The van der Waals surface area contributed by atoms with Crippen LogP contribution in [0.5, 0.6) is 0 Å². The van der Waals surface area contributed by atoms with Gasteiger partial charge in [0, 0.05) is 25.2 Å². The summed E-state index contributed by atoms with van der Waals surface area (Å²) in [6.45, 7) is 10.2. The van der Waals surface area contributed by atoms with Crippen LogP contribution in [-0.2, 0) is 0 Å². The maximum Gasteiger partial charge on any atom is 0.148 e. The molecule has 33 heavy (non-hydrogen) atoms. The van der Waals surface area contributed by atoms with E-state index < -0.39 is 0 Å². The van der Waals surface area contributed by atoms with Crippen molar-refractivity contribution in [2.45, 2.75) is 27.7 Å². The van der Waals surface area contributed by atoms with E-state index in [1.807, 2.05) is 0 Å². The molecule has 0 atom stereocenters. The zero-order chi connectivity index (χ0) is 21.8. The van der Waals surface area contributed by atoms with E-state index >= 15 is 0 Å². The number of benzene rings is 2. The molecule has 0 fully saturated rings. The van der Waals surface area contributed by atoms with Crippen LogP contribution in [0.1, 0.15) is 25.0 Å². The number of hydrogen-bond acceptors (Lipinski definition) is 4. The molecule has 0 saturated heterocycles. The Balaban J connectivity index is 0.00000193. The zero-order valence-corrected chi connectivity index (χ0v) is 21.0. The normalized spacial score (nSPS) is 10.8. The van der Waals surface area contributed by atoms with Crippen LogP contribution < -0.4 is 10.6 Å². The Hall–Kier alpha value is -2.96. The lowest BCUT2D eigenvalue weighted by Crippen LogP contribution is -2.31. The summed E-state index contributed by atoms with van der Waals surface area (Å²) >= 11 is 0. The summed E-state index contributed by atoms with van der Waals surface area (Å²) in [7, 11) is 0. The smallest absolute Gasteiger partial charge is 0.148 e. The molecule has 2 aromatic carbocycles. The van der Waals surface area contributed by atoms with Gasteiger partial charge in [-0.15, -0.1) is 24.8 Å². The second kappa shape index (κ2) is 11.3. The number of aromatic nitrogens is 4. The topological polar surface area (TPSA) is 81.4 Å². The molecule has 4 N–H and O–H groups in total. The molecule has 0 unspecified atom stereocenters. The Morgan fingerprint density at radius 1 is 0.667 bits per heavy atom. The van der Waals surface area contributed by atoms with Crippen molar-refractivity contribution in [1.82, 2.24) is 20.4 Å². The number of anilines is 2. The lowest BCUT2D eigenvalue weighted by molar-refractivity contribution is 0.418. The van der Waals surface area contributed by atoms with E-state index in [1.165, 1.54) is 11.1 Å². The van der Waals surface area contributed by atoms with Gasteiger partial charge < -0.3 is 10.6 Å². The third-order valence-electron chi connectivity index (χ3n) is 5.38. The molecule has 6 nitrogen and oxygen atoms in total.